The molecule has 0 spiro atoms. The molecule has 0 atom stereocenters. The van der Waals surface area contributed by atoms with E-state index in [9.17, 15) is 8.42 Å². The van der Waals surface area contributed by atoms with E-state index >= 15 is 0 Å². The minimum Gasteiger partial charge on any atom is -0.398 e. The monoisotopic (exact) mass is 274 g/mol. The van der Waals surface area contributed by atoms with Gasteiger partial charge in [-0.25, -0.2) is 13.1 Å². The Kier molecular flexibility index (Phi) is 3.62. The van der Waals surface area contributed by atoms with Crippen LogP contribution in [-0.2, 0) is 14.8 Å². The zero-order valence-electron chi connectivity index (χ0n) is 9.34. The van der Waals surface area contributed by atoms with E-state index in [4.69, 9.17) is 10.5 Å². The average Bonchev–Trinajstić information content (AvgIpc) is 2.25. The standard InChI is InChI=1S/C10H14N2O3S2/c1-12-17(13,14)8-2-3-9(11)10(4-8)16-7-5-15-6-7/h2-4,7,12H,5-6,11H2,1H3. The maximum Gasteiger partial charge on any atom is 0.240 e. The van der Waals surface area contributed by atoms with Crippen molar-refractivity contribution in [3.63, 3.8) is 0 Å². The second-order valence-corrected chi connectivity index (χ2v) is 6.91. The number of rotatable bonds is 4. The van der Waals surface area contributed by atoms with Crippen molar-refractivity contribution in [1.29, 1.82) is 0 Å². The summed E-state index contributed by atoms with van der Waals surface area (Å²) in [7, 11) is -2.02. The number of nitrogen functional groups attached to an aromatic ring is 1. The van der Waals surface area contributed by atoms with Crippen LogP contribution in [0.5, 0.6) is 0 Å². The molecule has 0 saturated carbocycles. The zero-order chi connectivity index (χ0) is 12.5. The Balaban J connectivity index is 2.28. The van der Waals surface area contributed by atoms with E-state index in [1.54, 1.807) is 23.9 Å². The van der Waals surface area contributed by atoms with E-state index in [1.807, 2.05) is 0 Å². The van der Waals surface area contributed by atoms with Crippen molar-refractivity contribution in [2.24, 2.45) is 0 Å². The van der Waals surface area contributed by atoms with E-state index in [-0.39, 0.29) is 4.90 Å². The molecule has 2 rings (SSSR count). The van der Waals surface area contributed by atoms with Crippen LogP contribution in [0, 0.1) is 0 Å². The van der Waals surface area contributed by atoms with E-state index < -0.39 is 10.0 Å². The van der Waals surface area contributed by atoms with E-state index in [2.05, 4.69) is 4.72 Å². The predicted octanol–water partition coefficient (Wildman–Crippen LogP) is 0.668. The molecule has 17 heavy (non-hydrogen) atoms. The van der Waals surface area contributed by atoms with Crippen LogP contribution in [0.2, 0.25) is 0 Å². The van der Waals surface area contributed by atoms with Gasteiger partial charge in [-0.3, -0.25) is 0 Å². The molecule has 0 aliphatic carbocycles. The van der Waals surface area contributed by atoms with Gasteiger partial charge < -0.3 is 10.5 Å². The van der Waals surface area contributed by atoms with Crippen molar-refractivity contribution < 1.29 is 13.2 Å². The Morgan fingerprint density at radius 2 is 2.18 bits per heavy atom. The van der Waals surface area contributed by atoms with Crippen molar-refractivity contribution in [2.75, 3.05) is 26.0 Å². The Bertz CT molecular complexity index is 512. The Labute approximate surface area is 105 Å². The van der Waals surface area contributed by atoms with Gasteiger partial charge in [0.25, 0.3) is 0 Å². The Morgan fingerprint density at radius 1 is 1.47 bits per heavy atom. The third-order valence-electron chi connectivity index (χ3n) is 2.47. The molecular formula is C10H14N2O3S2. The highest BCUT2D eigenvalue weighted by molar-refractivity contribution is 8.00. The molecule has 5 nitrogen and oxygen atoms in total. The van der Waals surface area contributed by atoms with Crippen LogP contribution < -0.4 is 10.5 Å². The van der Waals surface area contributed by atoms with Crippen LogP contribution in [-0.4, -0.2) is 33.9 Å². The van der Waals surface area contributed by atoms with Gasteiger partial charge in [-0.2, -0.15) is 0 Å². The summed E-state index contributed by atoms with van der Waals surface area (Å²) in [6.07, 6.45) is 0. The normalized spacial score (nSPS) is 16.8. The van der Waals surface area contributed by atoms with Crippen LogP contribution in [0.1, 0.15) is 0 Å². The molecular weight excluding hydrogens is 260 g/mol. The van der Waals surface area contributed by atoms with Gasteiger partial charge in [-0.15, -0.1) is 11.8 Å². The number of ether oxygens (including phenoxy) is 1. The summed E-state index contributed by atoms with van der Waals surface area (Å²) in [5, 5.41) is 0.366. The van der Waals surface area contributed by atoms with Crippen LogP contribution in [0.25, 0.3) is 0 Å². The molecule has 3 N–H and O–H groups in total. The van der Waals surface area contributed by atoms with Gasteiger partial charge in [-0.1, -0.05) is 0 Å². The maximum absolute atomic E-state index is 11.6. The lowest BCUT2D eigenvalue weighted by atomic mass is 10.3. The number of nitrogens with two attached hydrogens (primary N) is 1. The summed E-state index contributed by atoms with van der Waals surface area (Å²) < 4.78 is 30.7. The van der Waals surface area contributed by atoms with Gasteiger partial charge >= 0.3 is 0 Å². The first-order valence-electron chi connectivity index (χ1n) is 5.10. The third-order valence-corrected chi connectivity index (χ3v) is 5.09. The van der Waals surface area contributed by atoms with Gasteiger partial charge in [0.15, 0.2) is 0 Å². The Morgan fingerprint density at radius 3 is 2.71 bits per heavy atom. The molecule has 1 saturated heterocycles. The van der Waals surface area contributed by atoms with Gasteiger partial charge in [0, 0.05) is 10.6 Å². The maximum atomic E-state index is 11.6. The molecule has 1 aliphatic rings. The van der Waals surface area contributed by atoms with E-state index in [0.717, 1.165) is 4.90 Å². The van der Waals surface area contributed by atoms with Gasteiger partial charge in [0.1, 0.15) is 0 Å². The largest absolute Gasteiger partial charge is 0.398 e. The molecule has 0 bridgehead atoms. The zero-order valence-corrected chi connectivity index (χ0v) is 11.0. The smallest absolute Gasteiger partial charge is 0.240 e. The van der Waals surface area contributed by atoms with E-state index in [0.29, 0.717) is 24.2 Å². The van der Waals surface area contributed by atoms with Crippen LogP contribution >= 0.6 is 11.8 Å². The van der Waals surface area contributed by atoms with Crippen molar-refractivity contribution in [3.05, 3.63) is 18.2 Å². The number of nitrogens with one attached hydrogen (secondary N) is 1. The van der Waals surface area contributed by atoms with Gasteiger partial charge in [0.05, 0.1) is 23.4 Å². The number of sulfonamides is 1. The van der Waals surface area contributed by atoms with Crippen molar-refractivity contribution >= 4 is 27.5 Å². The summed E-state index contributed by atoms with van der Waals surface area (Å²) in [5.74, 6) is 0. The fourth-order valence-electron chi connectivity index (χ4n) is 1.36. The number of thioether (sulfide) groups is 1. The number of anilines is 1. The summed E-state index contributed by atoms with van der Waals surface area (Å²) in [5.41, 5.74) is 6.42. The summed E-state index contributed by atoms with van der Waals surface area (Å²) >= 11 is 1.56. The number of hydrogen-bond donors (Lipinski definition) is 2. The first-order valence-corrected chi connectivity index (χ1v) is 7.46. The highest BCUT2D eigenvalue weighted by Gasteiger charge is 2.22. The molecule has 94 valence electrons. The van der Waals surface area contributed by atoms with Crippen LogP contribution in [0.4, 0.5) is 5.69 Å². The summed E-state index contributed by atoms with van der Waals surface area (Å²) in [4.78, 5) is 1.02. The SMILES string of the molecule is CNS(=O)(=O)c1ccc(N)c(SC2COC2)c1. The van der Waals surface area contributed by atoms with E-state index in [1.165, 1.54) is 13.1 Å². The number of benzene rings is 1. The van der Waals surface area contributed by atoms with Crippen molar-refractivity contribution in [3.8, 4) is 0 Å². The van der Waals surface area contributed by atoms with Crippen LogP contribution in [0.3, 0.4) is 0 Å². The topological polar surface area (TPSA) is 81.4 Å². The lowest BCUT2D eigenvalue weighted by Gasteiger charge is -2.25. The molecule has 1 aromatic carbocycles. The van der Waals surface area contributed by atoms with Crippen molar-refractivity contribution in [2.45, 2.75) is 15.0 Å². The van der Waals surface area contributed by atoms with Gasteiger partial charge in [0.2, 0.25) is 10.0 Å². The summed E-state index contributed by atoms with van der Waals surface area (Å²) in [6, 6.07) is 4.72. The van der Waals surface area contributed by atoms with Crippen molar-refractivity contribution in [1.82, 2.24) is 4.72 Å². The lowest BCUT2D eigenvalue weighted by molar-refractivity contribution is 0.0455. The molecule has 7 heteroatoms. The molecule has 1 fully saturated rings. The second kappa shape index (κ2) is 4.85. The molecule has 0 amide bonds. The molecule has 0 unspecified atom stereocenters. The minimum absolute atomic E-state index is 0.233. The number of hydrogen-bond acceptors (Lipinski definition) is 5. The molecule has 1 heterocycles. The minimum atomic E-state index is -3.41. The highest BCUT2D eigenvalue weighted by Crippen LogP contribution is 2.33. The summed E-state index contributed by atoms with van der Waals surface area (Å²) in [6.45, 7) is 1.38. The van der Waals surface area contributed by atoms with Gasteiger partial charge in [-0.05, 0) is 25.2 Å². The molecule has 0 radical (unpaired) electrons. The van der Waals surface area contributed by atoms with Crippen LogP contribution in [0.15, 0.2) is 28.0 Å². The Hall–Kier alpha value is -0.760. The quantitative estimate of drug-likeness (QED) is 0.789. The highest BCUT2D eigenvalue weighted by atomic mass is 32.2. The molecule has 1 aromatic rings. The second-order valence-electron chi connectivity index (χ2n) is 3.68. The molecule has 0 aromatic heterocycles. The lowest BCUT2D eigenvalue weighted by Crippen LogP contribution is -2.30. The first kappa shape index (κ1) is 12.7. The average molecular weight is 274 g/mol. The third kappa shape index (κ3) is 2.74. The fraction of sp³-hybridized carbons (Fsp3) is 0.400. The predicted molar refractivity (Wildman–Crippen MR) is 67.6 cm³/mol. The first-order chi connectivity index (χ1) is 8.03. The molecule has 1 aliphatic heterocycles. The fourth-order valence-corrected chi connectivity index (χ4v) is 3.28.